The molecule has 1 aliphatic rings. The van der Waals surface area contributed by atoms with Crippen molar-refractivity contribution in [1.29, 1.82) is 0 Å². The second-order valence-electron chi connectivity index (χ2n) is 6.14. The molecule has 1 N–H and O–H groups in total. The minimum absolute atomic E-state index is 0.0341. The Morgan fingerprint density at radius 3 is 2.75 bits per heavy atom. The number of carbonyl (C=O) groups is 1. The van der Waals surface area contributed by atoms with Gasteiger partial charge in [0.2, 0.25) is 5.91 Å². The summed E-state index contributed by atoms with van der Waals surface area (Å²) in [6.45, 7) is 1.69. The molecule has 1 heterocycles. The molecule has 128 valence electrons. The van der Waals surface area contributed by atoms with Gasteiger partial charge >= 0.3 is 0 Å². The largest absolute Gasteiger partial charge is 0.326 e. The highest BCUT2D eigenvalue weighted by Crippen LogP contribution is 2.30. The lowest BCUT2D eigenvalue weighted by Crippen LogP contribution is -2.17. The molecule has 1 fully saturated rings. The number of nitrogens with one attached hydrogen (secondary N) is 1. The Balaban J connectivity index is 1.69. The minimum Gasteiger partial charge on any atom is -0.326 e. The zero-order valence-corrected chi connectivity index (χ0v) is 14.3. The molecule has 0 atom stereocenters. The van der Waals surface area contributed by atoms with E-state index >= 15 is 0 Å². The smallest absolute Gasteiger partial charge is 0.284 e. The summed E-state index contributed by atoms with van der Waals surface area (Å²) in [4.78, 5) is 15.8. The number of aryl methyl sites for hydroxylation is 1. The van der Waals surface area contributed by atoms with Crippen molar-refractivity contribution in [3.63, 3.8) is 0 Å². The van der Waals surface area contributed by atoms with Crippen molar-refractivity contribution in [3.05, 3.63) is 36.4 Å². The Morgan fingerprint density at radius 2 is 2.17 bits per heavy atom. The Hall–Kier alpha value is -2.22. The molecule has 0 spiro atoms. The Bertz CT molecular complexity index is 827. The van der Waals surface area contributed by atoms with Crippen LogP contribution < -0.4 is 5.32 Å². The lowest BCUT2D eigenvalue weighted by Gasteiger charge is -2.24. The summed E-state index contributed by atoms with van der Waals surface area (Å²) >= 11 is 0. The van der Waals surface area contributed by atoms with Crippen LogP contribution in [0.25, 0.3) is 0 Å². The molecule has 0 saturated heterocycles. The summed E-state index contributed by atoms with van der Waals surface area (Å²) < 4.78 is 25.7. The van der Waals surface area contributed by atoms with Crippen molar-refractivity contribution in [1.82, 2.24) is 14.2 Å². The van der Waals surface area contributed by atoms with Gasteiger partial charge in [-0.15, -0.1) is 9.19 Å². The fraction of sp³-hybridized carbons (Fsp3) is 0.438. The number of hydrogen-bond donors (Lipinski definition) is 1. The zero-order chi connectivity index (χ0) is 17.2. The van der Waals surface area contributed by atoms with Crippen LogP contribution in [0.4, 0.5) is 5.69 Å². The van der Waals surface area contributed by atoms with E-state index in [2.05, 4.69) is 15.4 Å². The SMILES string of the molecule is Cc1cc(NC(=O)CCC2CCC2)ccc1S(=O)(=O)n1cncn1. The highest BCUT2D eigenvalue weighted by Gasteiger charge is 2.21. The van der Waals surface area contributed by atoms with Crippen LogP contribution in [0.15, 0.2) is 35.7 Å². The molecule has 0 unspecified atom stereocenters. The normalized spacial score (nSPS) is 15.0. The second kappa shape index (κ2) is 6.72. The third kappa shape index (κ3) is 3.48. The number of rotatable bonds is 6. The maximum atomic E-state index is 12.4. The number of carbonyl (C=O) groups excluding carboxylic acids is 1. The van der Waals surface area contributed by atoms with Crippen molar-refractivity contribution in [2.45, 2.75) is 43.9 Å². The fourth-order valence-electron chi connectivity index (χ4n) is 2.78. The predicted molar refractivity (Wildman–Crippen MR) is 89.0 cm³/mol. The molecule has 1 amide bonds. The van der Waals surface area contributed by atoms with Crippen LogP contribution in [0.3, 0.4) is 0 Å². The molecule has 1 aromatic heterocycles. The average Bonchev–Trinajstić information content (AvgIpc) is 3.00. The van der Waals surface area contributed by atoms with Gasteiger partial charge in [-0.1, -0.05) is 19.3 Å². The summed E-state index contributed by atoms with van der Waals surface area (Å²) in [7, 11) is -3.76. The molecule has 0 radical (unpaired) electrons. The van der Waals surface area contributed by atoms with Gasteiger partial charge in [-0.25, -0.2) is 4.98 Å². The maximum absolute atomic E-state index is 12.4. The van der Waals surface area contributed by atoms with E-state index in [1.807, 2.05) is 0 Å². The van der Waals surface area contributed by atoms with Gasteiger partial charge in [-0.2, -0.15) is 8.42 Å². The molecular formula is C16H20N4O3S. The molecular weight excluding hydrogens is 328 g/mol. The Labute approximate surface area is 141 Å². The van der Waals surface area contributed by atoms with E-state index in [-0.39, 0.29) is 10.8 Å². The maximum Gasteiger partial charge on any atom is 0.284 e. The van der Waals surface area contributed by atoms with E-state index in [0.717, 1.165) is 16.8 Å². The first kappa shape index (κ1) is 16.6. The van der Waals surface area contributed by atoms with Gasteiger partial charge in [0.05, 0.1) is 4.90 Å². The van der Waals surface area contributed by atoms with Gasteiger partial charge in [0.25, 0.3) is 10.0 Å². The Kier molecular flexibility index (Phi) is 4.66. The molecule has 0 bridgehead atoms. The van der Waals surface area contributed by atoms with E-state index < -0.39 is 10.0 Å². The average molecular weight is 348 g/mol. The minimum atomic E-state index is -3.76. The molecule has 8 heteroatoms. The number of hydrogen-bond acceptors (Lipinski definition) is 5. The van der Waals surface area contributed by atoms with Gasteiger partial charge in [0.1, 0.15) is 12.7 Å². The summed E-state index contributed by atoms with van der Waals surface area (Å²) in [6, 6.07) is 4.73. The summed E-state index contributed by atoms with van der Waals surface area (Å²) in [6.07, 6.45) is 7.45. The molecule has 0 aliphatic heterocycles. The van der Waals surface area contributed by atoms with E-state index in [1.165, 1.54) is 31.7 Å². The van der Waals surface area contributed by atoms with Gasteiger partial charge in [0.15, 0.2) is 0 Å². The van der Waals surface area contributed by atoms with Gasteiger partial charge in [0, 0.05) is 12.1 Å². The molecule has 1 aliphatic carbocycles. The molecule has 1 aromatic carbocycles. The highest BCUT2D eigenvalue weighted by molar-refractivity contribution is 7.89. The van der Waals surface area contributed by atoms with Crippen LogP contribution in [-0.2, 0) is 14.8 Å². The predicted octanol–water partition coefficient (Wildman–Crippen LogP) is 2.34. The third-order valence-corrected chi connectivity index (χ3v) is 6.08. The van der Waals surface area contributed by atoms with E-state index in [1.54, 1.807) is 19.1 Å². The summed E-state index contributed by atoms with van der Waals surface area (Å²) in [5, 5.41) is 6.51. The monoisotopic (exact) mass is 348 g/mol. The topological polar surface area (TPSA) is 94.0 Å². The summed E-state index contributed by atoms with van der Waals surface area (Å²) in [5.74, 6) is 0.654. The van der Waals surface area contributed by atoms with E-state index in [9.17, 15) is 13.2 Å². The second-order valence-corrected chi connectivity index (χ2v) is 7.90. The van der Waals surface area contributed by atoms with Crippen LogP contribution in [0.1, 0.15) is 37.7 Å². The molecule has 1 saturated carbocycles. The first-order chi connectivity index (χ1) is 11.5. The number of benzene rings is 1. The van der Waals surface area contributed by atoms with Crippen LogP contribution >= 0.6 is 0 Å². The summed E-state index contributed by atoms with van der Waals surface area (Å²) in [5.41, 5.74) is 1.14. The number of aromatic nitrogens is 3. The zero-order valence-electron chi connectivity index (χ0n) is 13.5. The van der Waals surface area contributed by atoms with Crippen molar-refractivity contribution < 1.29 is 13.2 Å². The van der Waals surface area contributed by atoms with Crippen LogP contribution in [0.2, 0.25) is 0 Å². The standard InChI is InChI=1S/C16H20N4O3S/c1-12-9-14(19-16(21)8-5-13-3-2-4-13)6-7-15(12)24(22,23)20-11-17-10-18-20/h6-7,9-11,13H,2-5,8H2,1H3,(H,19,21). The van der Waals surface area contributed by atoms with E-state index in [4.69, 9.17) is 0 Å². The third-order valence-electron chi connectivity index (χ3n) is 4.38. The van der Waals surface area contributed by atoms with Gasteiger partial charge in [-0.05, 0) is 43.0 Å². The fourth-order valence-corrected chi connectivity index (χ4v) is 4.03. The van der Waals surface area contributed by atoms with Crippen molar-refractivity contribution >= 4 is 21.6 Å². The van der Waals surface area contributed by atoms with Crippen molar-refractivity contribution in [2.24, 2.45) is 5.92 Å². The lowest BCUT2D eigenvalue weighted by atomic mass is 9.82. The molecule has 24 heavy (non-hydrogen) atoms. The van der Waals surface area contributed by atoms with Gasteiger partial charge < -0.3 is 5.32 Å². The number of nitrogens with zero attached hydrogens (tertiary/aromatic N) is 3. The van der Waals surface area contributed by atoms with Gasteiger partial charge in [-0.3, -0.25) is 4.79 Å². The highest BCUT2D eigenvalue weighted by atomic mass is 32.2. The Morgan fingerprint density at radius 1 is 1.38 bits per heavy atom. The quantitative estimate of drug-likeness (QED) is 0.865. The molecule has 3 rings (SSSR count). The molecule has 2 aromatic rings. The van der Waals surface area contributed by atoms with Crippen LogP contribution in [0, 0.1) is 12.8 Å². The number of anilines is 1. The first-order valence-corrected chi connectivity index (χ1v) is 9.41. The van der Waals surface area contributed by atoms with Crippen LogP contribution in [0.5, 0.6) is 0 Å². The molecule has 7 nitrogen and oxygen atoms in total. The lowest BCUT2D eigenvalue weighted by molar-refractivity contribution is -0.116. The van der Waals surface area contributed by atoms with Crippen molar-refractivity contribution in [3.8, 4) is 0 Å². The number of amides is 1. The first-order valence-electron chi connectivity index (χ1n) is 7.97. The van der Waals surface area contributed by atoms with Crippen LogP contribution in [-0.4, -0.2) is 28.5 Å². The van der Waals surface area contributed by atoms with E-state index in [0.29, 0.717) is 23.6 Å². The van der Waals surface area contributed by atoms with Crippen molar-refractivity contribution in [2.75, 3.05) is 5.32 Å².